The molecular weight excluding hydrogens is 390 g/mol. The Labute approximate surface area is 164 Å². The standard InChI is InChI=1S/C16H23N5O6S/c1-16(2,3)27-15(25)28-5-8-19-12(17)9-13(20-8)21(6-18-9)14-11(24)10(23)7(4-22)26-14/h6-7,10-11,14,22-24H,4-5H2,1-3H3,(H2,17,19,20)/t7-,10-,11-,14-/m1/s1. The minimum Gasteiger partial charge on any atom is -0.452 e. The van der Waals surface area contributed by atoms with Gasteiger partial charge in [0.15, 0.2) is 17.7 Å². The van der Waals surface area contributed by atoms with Crippen molar-refractivity contribution >= 4 is 34.0 Å². The third kappa shape index (κ3) is 4.20. The molecule has 0 unspecified atom stereocenters. The number of carbonyl (C=O) groups excluding carboxylic acids is 1. The van der Waals surface area contributed by atoms with Crippen LogP contribution in [0.3, 0.4) is 0 Å². The van der Waals surface area contributed by atoms with Crippen LogP contribution in [0.1, 0.15) is 32.8 Å². The first-order valence-electron chi connectivity index (χ1n) is 8.58. The molecule has 12 heteroatoms. The Bertz CT molecular complexity index is 869. The smallest absolute Gasteiger partial charge is 0.368 e. The number of anilines is 1. The quantitative estimate of drug-likeness (QED) is 0.505. The van der Waals surface area contributed by atoms with Crippen molar-refractivity contribution in [1.82, 2.24) is 19.5 Å². The normalized spacial score (nSPS) is 25.4. The number of imidazole rings is 1. The summed E-state index contributed by atoms with van der Waals surface area (Å²) in [5.41, 5.74) is 5.92. The molecule has 0 amide bonds. The van der Waals surface area contributed by atoms with Gasteiger partial charge in [0.2, 0.25) is 0 Å². The Hall–Kier alpha value is -1.99. The number of carbonyl (C=O) groups is 1. The number of ether oxygens (including phenoxy) is 2. The predicted octanol–water partition coefficient (Wildman–Crippen LogP) is 0.188. The van der Waals surface area contributed by atoms with Gasteiger partial charge < -0.3 is 30.5 Å². The van der Waals surface area contributed by atoms with E-state index in [-0.39, 0.29) is 23.0 Å². The van der Waals surface area contributed by atoms with E-state index in [1.165, 1.54) is 10.9 Å². The Morgan fingerprint density at radius 1 is 1.36 bits per heavy atom. The zero-order valence-corrected chi connectivity index (χ0v) is 16.5. The van der Waals surface area contributed by atoms with Crippen LogP contribution in [0.5, 0.6) is 0 Å². The van der Waals surface area contributed by atoms with Gasteiger partial charge in [-0.15, -0.1) is 0 Å². The van der Waals surface area contributed by atoms with Crippen LogP contribution >= 0.6 is 11.8 Å². The van der Waals surface area contributed by atoms with E-state index >= 15 is 0 Å². The number of aromatic nitrogens is 4. The van der Waals surface area contributed by atoms with Crippen LogP contribution < -0.4 is 5.73 Å². The summed E-state index contributed by atoms with van der Waals surface area (Å²) >= 11 is 0.894. The van der Waals surface area contributed by atoms with Gasteiger partial charge in [0.1, 0.15) is 35.3 Å². The number of fused-ring (bicyclic) bond motifs is 1. The lowest BCUT2D eigenvalue weighted by Crippen LogP contribution is -2.33. The first kappa shape index (κ1) is 20.7. The van der Waals surface area contributed by atoms with E-state index in [9.17, 15) is 20.1 Å². The second-order valence-electron chi connectivity index (χ2n) is 7.33. The molecule has 11 nitrogen and oxygen atoms in total. The van der Waals surface area contributed by atoms with Crippen molar-refractivity contribution in [3.63, 3.8) is 0 Å². The van der Waals surface area contributed by atoms with Gasteiger partial charge in [0, 0.05) is 0 Å². The highest BCUT2D eigenvalue weighted by molar-refractivity contribution is 8.12. The summed E-state index contributed by atoms with van der Waals surface area (Å²) in [5, 5.41) is 29.0. The SMILES string of the molecule is CC(C)(C)OC(=O)SCc1nc(N)c2ncn([C@@H]3O[C@H](CO)[C@@H](O)[C@H]3O)c2n1. The van der Waals surface area contributed by atoms with Crippen molar-refractivity contribution in [3.05, 3.63) is 12.2 Å². The average molecular weight is 413 g/mol. The summed E-state index contributed by atoms with van der Waals surface area (Å²) in [5.74, 6) is 0.501. The van der Waals surface area contributed by atoms with E-state index in [0.717, 1.165) is 11.8 Å². The Kier molecular flexibility index (Phi) is 5.77. The Morgan fingerprint density at radius 3 is 2.68 bits per heavy atom. The van der Waals surface area contributed by atoms with Gasteiger partial charge in [-0.2, -0.15) is 0 Å². The number of nitrogen functional groups attached to an aromatic ring is 1. The molecule has 1 aliphatic heterocycles. The molecule has 1 saturated heterocycles. The summed E-state index contributed by atoms with van der Waals surface area (Å²) in [6.45, 7) is 4.86. The van der Waals surface area contributed by atoms with Gasteiger partial charge in [-0.3, -0.25) is 4.57 Å². The Morgan fingerprint density at radius 2 is 2.07 bits per heavy atom. The highest BCUT2D eigenvalue weighted by atomic mass is 32.2. The number of aliphatic hydroxyl groups excluding tert-OH is 3. The van der Waals surface area contributed by atoms with Crippen LogP contribution in [0.25, 0.3) is 11.2 Å². The minimum absolute atomic E-state index is 0.107. The van der Waals surface area contributed by atoms with Crippen molar-refractivity contribution in [2.24, 2.45) is 0 Å². The zero-order valence-electron chi connectivity index (χ0n) is 15.6. The maximum Gasteiger partial charge on any atom is 0.368 e. The minimum atomic E-state index is -1.29. The van der Waals surface area contributed by atoms with Crippen LogP contribution in [0.4, 0.5) is 10.6 Å². The number of aliphatic hydroxyl groups is 3. The van der Waals surface area contributed by atoms with Crippen molar-refractivity contribution in [3.8, 4) is 0 Å². The van der Waals surface area contributed by atoms with Crippen LogP contribution in [-0.4, -0.2) is 70.7 Å². The molecule has 28 heavy (non-hydrogen) atoms. The molecular formula is C16H23N5O6S. The molecule has 2 aromatic rings. The molecule has 1 fully saturated rings. The van der Waals surface area contributed by atoms with Crippen LogP contribution in [0.15, 0.2) is 6.33 Å². The van der Waals surface area contributed by atoms with Gasteiger partial charge in [-0.05, 0) is 32.5 Å². The largest absolute Gasteiger partial charge is 0.452 e. The highest BCUT2D eigenvalue weighted by Gasteiger charge is 2.44. The van der Waals surface area contributed by atoms with E-state index in [0.29, 0.717) is 5.52 Å². The molecule has 0 aliphatic carbocycles. The molecule has 0 saturated carbocycles. The molecule has 4 atom stereocenters. The number of nitrogens with zero attached hydrogens (tertiary/aromatic N) is 4. The second-order valence-corrected chi connectivity index (χ2v) is 8.24. The van der Waals surface area contributed by atoms with Gasteiger partial charge in [-0.1, -0.05) is 0 Å². The monoisotopic (exact) mass is 413 g/mol. The van der Waals surface area contributed by atoms with E-state index in [1.54, 1.807) is 20.8 Å². The third-order valence-electron chi connectivity index (χ3n) is 3.99. The van der Waals surface area contributed by atoms with Crippen LogP contribution in [0, 0.1) is 0 Å². The molecule has 3 heterocycles. The highest BCUT2D eigenvalue weighted by Crippen LogP contribution is 2.32. The van der Waals surface area contributed by atoms with E-state index < -0.39 is 42.0 Å². The fourth-order valence-corrected chi connectivity index (χ4v) is 3.43. The topological polar surface area (TPSA) is 166 Å². The molecule has 0 bridgehead atoms. The van der Waals surface area contributed by atoms with Gasteiger partial charge in [0.05, 0.1) is 18.7 Å². The predicted molar refractivity (Wildman–Crippen MR) is 100 cm³/mol. The first-order valence-corrected chi connectivity index (χ1v) is 9.56. The second kappa shape index (κ2) is 7.79. The summed E-state index contributed by atoms with van der Waals surface area (Å²) in [6, 6.07) is 0. The molecule has 0 spiro atoms. The molecule has 0 aromatic carbocycles. The summed E-state index contributed by atoms with van der Waals surface area (Å²) in [7, 11) is 0. The summed E-state index contributed by atoms with van der Waals surface area (Å²) in [4.78, 5) is 24.5. The first-order chi connectivity index (χ1) is 13.1. The maximum absolute atomic E-state index is 11.9. The fourth-order valence-electron chi connectivity index (χ4n) is 2.75. The third-order valence-corrected chi connectivity index (χ3v) is 4.72. The van der Waals surface area contributed by atoms with Gasteiger partial charge in [-0.25, -0.2) is 19.7 Å². The van der Waals surface area contributed by atoms with Gasteiger partial charge >= 0.3 is 5.30 Å². The van der Waals surface area contributed by atoms with Crippen molar-refractivity contribution in [2.45, 2.75) is 56.7 Å². The number of rotatable bonds is 4. The zero-order chi connectivity index (χ0) is 20.6. The van der Waals surface area contributed by atoms with E-state index in [2.05, 4.69) is 15.0 Å². The lowest BCUT2D eigenvalue weighted by atomic mass is 10.1. The number of thioether (sulfide) groups is 1. The molecule has 2 aromatic heterocycles. The Balaban J connectivity index is 1.84. The van der Waals surface area contributed by atoms with Crippen LogP contribution in [-0.2, 0) is 15.2 Å². The molecule has 154 valence electrons. The molecule has 1 aliphatic rings. The van der Waals surface area contributed by atoms with Gasteiger partial charge in [0.25, 0.3) is 0 Å². The van der Waals surface area contributed by atoms with Crippen molar-refractivity contribution < 1.29 is 29.6 Å². The fraction of sp³-hybridized carbons (Fsp3) is 0.625. The average Bonchev–Trinajstić information content (AvgIpc) is 3.14. The summed E-state index contributed by atoms with van der Waals surface area (Å²) in [6.07, 6.45) is -3.11. The van der Waals surface area contributed by atoms with E-state index in [4.69, 9.17) is 15.2 Å². The summed E-state index contributed by atoms with van der Waals surface area (Å²) < 4.78 is 12.2. The molecule has 0 radical (unpaired) electrons. The maximum atomic E-state index is 11.9. The number of nitrogens with two attached hydrogens (primary N) is 1. The number of hydrogen-bond donors (Lipinski definition) is 4. The van der Waals surface area contributed by atoms with Crippen LogP contribution in [0.2, 0.25) is 0 Å². The van der Waals surface area contributed by atoms with Crippen molar-refractivity contribution in [2.75, 3.05) is 12.3 Å². The molecule has 5 N–H and O–H groups in total. The molecule has 3 rings (SSSR count). The number of hydrogen-bond acceptors (Lipinski definition) is 11. The lowest BCUT2D eigenvalue weighted by molar-refractivity contribution is -0.0511. The van der Waals surface area contributed by atoms with E-state index in [1.807, 2.05) is 0 Å². The van der Waals surface area contributed by atoms with Crippen molar-refractivity contribution in [1.29, 1.82) is 0 Å². The lowest BCUT2D eigenvalue weighted by Gasteiger charge is -2.18.